The average Bonchev–Trinajstić information content (AvgIpc) is 3.32. The molecule has 1 unspecified atom stereocenters. The molecule has 0 bridgehead atoms. The molecule has 0 aromatic carbocycles. The molecule has 1 aromatic heterocycles. The fourth-order valence-corrected chi connectivity index (χ4v) is 2.90. The van der Waals surface area contributed by atoms with Gasteiger partial charge in [0.05, 0.1) is 0 Å². The van der Waals surface area contributed by atoms with Gasteiger partial charge in [0.2, 0.25) is 0 Å². The second kappa shape index (κ2) is 5.54. The standard InChI is InChI=1S/C14H23N5O/c1-9-12(18-15)16-13(11-4-5-11)17-14(9)19-6-2-3-10(7-19)8-20/h10-11,20H,2-8,15H2,1H3,(H,16,17,18). The highest BCUT2D eigenvalue weighted by Gasteiger charge is 2.30. The summed E-state index contributed by atoms with van der Waals surface area (Å²) < 4.78 is 0. The number of nitrogen functional groups attached to an aromatic ring is 1. The lowest BCUT2D eigenvalue weighted by Crippen LogP contribution is -2.38. The van der Waals surface area contributed by atoms with Gasteiger partial charge in [-0.1, -0.05) is 0 Å². The average molecular weight is 277 g/mol. The van der Waals surface area contributed by atoms with E-state index in [0.717, 1.165) is 49.0 Å². The van der Waals surface area contributed by atoms with Crippen molar-refractivity contribution in [2.75, 3.05) is 30.0 Å². The summed E-state index contributed by atoms with van der Waals surface area (Å²) in [6.45, 7) is 4.10. The van der Waals surface area contributed by atoms with Crippen LogP contribution < -0.4 is 16.2 Å². The number of aliphatic hydroxyl groups is 1. The highest BCUT2D eigenvalue weighted by Crippen LogP contribution is 2.40. The zero-order valence-electron chi connectivity index (χ0n) is 12.0. The molecular weight excluding hydrogens is 254 g/mol. The number of nitrogens with zero attached hydrogens (tertiary/aromatic N) is 3. The summed E-state index contributed by atoms with van der Waals surface area (Å²) in [6, 6.07) is 0. The lowest BCUT2D eigenvalue weighted by molar-refractivity contribution is 0.208. The number of hydrogen-bond donors (Lipinski definition) is 3. The molecule has 1 saturated heterocycles. The van der Waals surface area contributed by atoms with E-state index in [9.17, 15) is 5.11 Å². The van der Waals surface area contributed by atoms with Gasteiger partial charge in [0.25, 0.3) is 0 Å². The summed E-state index contributed by atoms with van der Waals surface area (Å²) in [5.41, 5.74) is 3.69. The molecule has 110 valence electrons. The van der Waals surface area contributed by atoms with Crippen LogP contribution in [0.2, 0.25) is 0 Å². The van der Waals surface area contributed by atoms with Crippen LogP contribution in [0.15, 0.2) is 0 Å². The second-order valence-corrected chi connectivity index (χ2v) is 5.93. The van der Waals surface area contributed by atoms with Gasteiger partial charge in [-0.05, 0) is 38.5 Å². The van der Waals surface area contributed by atoms with Crippen molar-refractivity contribution in [3.63, 3.8) is 0 Å². The zero-order valence-corrected chi connectivity index (χ0v) is 12.0. The topological polar surface area (TPSA) is 87.3 Å². The molecule has 1 aromatic rings. The maximum atomic E-state index is 9.39. The minimum Gasteiger partial charge on any atom is -0.396 e. The van der Waals surface area contributed by atoms with Gasteiger partial charge in [-0.25, -0.2) is 15.8 Å². The molecule has 20 heavy (non-hydrogen) atoms. The Bertz CT molecular complexity index is 489. The third-order valence-corrected chi connectivity index (χ3v) is 4.29. The van der Waals surface area contributed by atoms with Crippen molar-refractivity contribution in [2.24, 2.45) is 11.8 Å². The highest BCUT2D eigenvalue weighted by molar-refractivity contribution is 5.58. The van der Waals surface area contributed by atoms with Crippen LogP contribution in [0.1, 0.15) is 43.0 Å². The Morgan fingerprint density at radius 2 is 2.15 bits per heavy atom. The summed E-state index contributed by atoms with van der Waals surface area (Å²) in [5, 5.41) is 9.39. The van der Waals surface area contributed by atoms with Gasteiger partial charge in [0.1, 0.15) is 17.5 Å². The van der Waals surface area contributed by atoms with Crippen molar-refractivity contribution < 1.29 is 5.11 Å². The molecule has 0 spiro atoms. The molecule has 1 aliphatic carbocycles. The van der Waals surface area contributed by atoms with Crippen molar-refractivity contribution in [1.82, 2.24) is 9.97 Å². The van der Waals surface area contributed by atoms with E-state index in [2.05, 4.69) is 15.3 Å². The minimum absolute atomic E-state index is 0.248. The maximum absolute atomic E-state index is 9.39. The first-order chi connectivity index (χ1) is 9.72. The molecule has 2 fully saturated rings. The monoisotopic (exact) mass is 277 g/mol. The number of hydrazine groups is 1. The Kier molecular flexibility index (Phi) is 3.76. The number of rotatable bonds is 4. The Morgan fingerprint density at radius 1 is 1.35 bits per heavy atom. The lowest BCUT2D eigenvalue weighted by Gasteiger charge is -2.34. The molecule has 1 atom stereocenters. The van der Waals surface area contributed by atoms with E-state index >= 15 is 0 Å². The molecule has 4 N–H and O–H groups in total. The smallest absolute Gasteiger partial charge is 0.148 e. The molecular formula is C14H23N5O. The molecule has 0 radical (unpaired) electrons. The van der Waals surface area contributed by atoms with E-state index in [1.165, 1.54) is 12.8 Å². The number of anilines is 2. The van der Waals surface area contributed by atoms with Crippen LogP contribution in [-0.2, 0) is 0 Å². The number of nitrogens with one attached hydrogen (secondary N) is 1. The molecule has 0 amide bonds. The molecule has 1 aliphatic heterocycles. The normalized spacial score (nSPS) is 22.9. The van der Waals surface area contributed by atoms with E-state index in [1.807, 2.05) is 6.92 Å². The molecule has 1 saturated carbocycles. The Hall–Kier alpha value is -1.40. The van der Waals surface area contributed by atoms with Crippen molar-refractivity contribution in [1.29, 1.82) is 0 Å². The predicted octanol–water partition coefficient (Wildman–Crippen LogP) is 1.16. The zero-order chi connectivity index (χ0) is 14.1. The van der Waals surface area contributed by atoms with Crippen LogP contribution in [0.3, 0.4) is 0 Å². The Morgan fingerprint density at radius 3 is 2.80 bits per heavy atom. The minimum atomic E-state index is 0.248. The van der Waals surface area contributed by atoms with Gasteiger partial charge in [0, 0.05) is 31.2 Å². The summed E-state index contributed by atoms with van der Waals surface area (Å²) >= 11 is 0. The third kappa shape index (κ3) is 2.58. The van der Waals surface area contributed by atoms with Gasteiger partial charge < -0.3 is 15.4 Å². The lowest BCUT2D eigenvalue weighted by atomic mass is 9.99. The summed E-state index contributed by atoms with van der Waals surface area (Å²) in [7, 11) is 0. The second-order valence-electron chi connectivity index (χ2n) is 5.93. The fourth-order valence-electron chi connectivity index (χ4n) is 2.90. The van der Waals surface area contributed by atoms with Crippen LogP contribution in [0.5, 0.6) is 0 Å². The first-order valence-electron chi connectivity index (χ1n) is 7.44. The van der Waals surface area contributed by atoms with Gasteiger partial charge in [-0.3, -0.25) is 0 Å². The molecule has 6 heteroatoms. The highest BCUT2D eigenvalue weighted by atomic mass is 16.3. The van der Waals surface area contributed by atoms with E-state index in [-0.39, 0.29) is 6.61 Å². The number of aromatic nitrogens is 2. The number of nitrogens with two attached hydrogens (primary N) is 1. The summed E-state index contributed by atoms with van der Waals surface area (Å²) in [6.07, 6.45) is 4.53. The number of hydrogen-bond acceptors (Lipinski definition) is 6. The van der Waals surface area contributed by atoms with E-state index in [0.29, 0.717) is 11.8 Å². The number of piperidine rings is 1. The van der Waals surface area contributed by atoms with E-state index in [4.69, 9.17) is 10.8 Å². The van der Waals surface area contributed by atoms with Crippen LogP contribution >= 0.6 is 0 Å². The molecule has 2 heterocycles. The summed E-state index contributed by atoms with van der Waals surface area (Å²) in [4.78, 5) is 11.6. The van der Waals surface area contributed by atoms with Crippen LogP contribution in [-0.4, -0.2) is 34.8 Å². The Balaban J connectivity index is 1.92. The molecule has 6 nitrogen and oxygen atoms in total. The van der Waals surface area contributed by atoms with Crippen LogP contribution in [0, 0.1) is 12.8 Å². The first kappa shape index (κ1) is 13.6. The SMILES string of the molecule is Cc1c(NN)nc(C2CC2)nc1N1CCCC(CO)C1. The predicted molar refractivity (Wildman–Crippen MR) is 78.6 cm³/mol. The Labute approximate surface area is 119 Å². The van der Waals surface area contributed by atoms with Gasteiger partial charge in [0.15, 0.2) is 0 Å². The van der Waals surface area contributed by atoms with Gasteiger partial charge in [-0.2, -0.15) is 0 Å². The van der Waals surface area contributed by atoms with Gasteiger partial charge in [-0.15, -0.1) is 0 Å². The molecule has 3 rings (SSSR count). The third-order valence-electron chi connectivity index (χ3n) is 4.29. The van der Waals surface area contributed by atoms with Gasteiger partial charge >= 0.3 is 0 Å². The van der Waals surface area contributed by atoms with Crippen molar-refractivity contribution in [2.45, 2.75) is 38.5 Å². The first-order valence-corrected chi connectivity index (χ1v) is 7.44. The number of aliphatic hydroxyl groups excluding tert-OH is 1. The maximum Gasteiger partial charge on any atom is 0.148 e. The van der Waals surface area contributed by atoms with Crippen molar-refractivity contribution in [3.05, 3.63) is 11.4 Å². The van der Waals surface area contributed by atoms with E-state index < -0.39 is 0 Å². The van der Waals surface area contributed by atoms with Crippen molar-refractivity contribution >= 4 is 11.6 Å². The molecule has 2 aliphatic rings. The van der Waals surface area contributed by atoms with Crippen LogP contribution in [0.25, 0.3) is 0 Å². The largest absolute Gasteiger partial charge is 0.396 e. The fraction of sp³-hybridized carbons (Fsp3) is 0.714. The quantitative estimate of drug-likeness (QED) is 0.565. The van der Waals surface area contributed by atoms with E-state index in [1.54, 1.807) is 0 Å². The van der Waals surface area contributed by atoms with Crippen molar-refractivity contribution in [3.8, 4) is 0 Å². The van der Waals surface area contributed by atoms with Crippen LogP contribution in [0.4, 0.5) is 11.6 Å². The summed E-state index contributed by atoms with van der Waals surface area (Å²) in [5.74, 6) is 9.05.